The van der Waals surface area contributed by atoms with Crippen molar-refractivity contribution in [2.24, 2.45) is 5.92 Å². The minimum Gasteiger partial charge on any atom is -0.487 e. The van der Waals surface area contributed by atoms with Gasteiger partial charge in [0.15, 0.2) is 5.75 Å². The van der Waals surface area contributed by atoms with Gasteiger partial charge in [0.2, 0.25) is 0 Å². The molecule has 0 fully saturated rings. The van der Waals surface area contributed by atoms with Gasteiger partial charge >= 0.3 is 17.6 Å². The Morgan fingerprint density at radius 2 is 1.38 bits per heavy atom. The van der Waals surface area contributed by atoms with E-state index in [2.05, 4.69) is 6.92 Å². The predicted molar refractivity (Wildman–Crippen MR) is 186 cm³/mol. The average Bonchev–Trinajstić information content (AvgIpc) is 3.09. The molecule has 0 aliphatic heterocycles. The molecule has 3 aromatic carbocycles. The quantitative estimate of drug-likeness (QED) is 0.0352. The first-order valence-corrected chi connectivity index (χ1v) is 17.3. The van der Waals surface area contributed by atoms with Crippen LogP contribution in [0.15, 0.2) is 66.7 Å². The van der Waals surface area contributed by atoms with Crippen molar-refractivity contribution in [3.63, 3.8) is 0 Å². The first kappa shape index (κ1) is 37.3. The van der Waals surface area contributed by atoms with E-state index < -0.39 is 10.9 Å². The van der Waals surface area contributed by atoms with Crippen LogP contribution in [-0.2, 0) is 4.74 Å². The molecule has 0 N–H and O–H groups in total. The molecule has 0 saturated heterocycles. The van der Waals surface area contributed by atoms with Crippen molar-refractivity contribution in [1.82, 2.24) is 0 Å². The fraction of sp³-hybridized carbons (Fsp3) is 0.487. The zero-order valence-electron chi connectivity index (χ0n) is 28.3. The van der Waals surface area contributed by atoms with E-state index in [0.29, 0.717) is 24.3 Å². The van der Waals surface area contributed by atoms with Crippen molar-refractivity contribution in [3.05, 3.63) is 88.0 Å². The normalized spacial score (nSPS) is 11.6. The molecule has 8 nitrogen and oxygen atoms in total. The number of nitro groups is 1. The number of ether oxygens (including phenoxy) is 3. The highest BCUT2D eigenvalue weighted by Gasteiger charge is 2.20. The molecule has 47 heavy (non-hydrogen) atoms. The molecule has 0 unspecified atom stereocenters. The first-order valence-electron chi connectivity index (χ1n) is 17.3. The molecule has 3 rings (SSSR count). The number of esters is 2. The molecular weight excluding hydrogens is 594 g/mol. The van der Waals surface area contributed by atoms with Crippen molar-refractivity contribution in [1.29, 1.82) is 0 Å². The zero-order chi connectivity index (χ0) is 33.9. The molecule has 8 heteroatoms. The smallest absolute Gasteiger partial charge is 0.343 e. The van der Waals surface area contributed by atoms with Gasteiger partial charge in [-0.25, -0.2) is 9.59 Å². The maximum Gasteiger partial charge on any atom is 0.343 e. The van der Waals surface area contributed by atoms with Crippen molar-refractivity contribution in [2.75, 3.05) is 13.2 Å². The van der Waals surface area contributed by atoms with Crippen LogP contribution in [0.4, 0.5) is 5.69 Å². The molecule has 0 aliphatic carbocycles. The fourth-order valence-corrected chi connectivity index (χ4v) is 5.23. The molecule has 254 valence electrons. The number of unbranched alkanes of at least 4 members (excludes halogenated alkanes) is 11. The summed E-state index contributed by atoms with van der Waals surface area (Å²) in [4.78, 5) is 36.9. The molecule has 0 aromatic heterocycles. The predicted octanol–water partition coefficient (Wildman–Crippen LogP) is 10.8. The number of benzene rings is 3. The van der Waals surface area contributed by atoms with Crippen LogP contribution in [0.2, 0.25) is 0 Å². The van der Waals surface area contributed by atoms with Crippen molar-refractivity contribution in [2.45, 2.75) is 104 Å². The SMILES string of the molecule is CCCCCCCCCCCCCCOc1ccc(C(=O)Oc2ccc(-c3ccccc3C(=O)OC[C@@H](C)CC)cc2)cc1[N+](=O)[O-]. The standard InChI is InChI=1S/C39H51NO7/c1-4-6-7-8-9-10-11-12-13-14-15-18-27-45-37-26-23-32(28-36(37)40(43)44)38(41)47-33-24-21-31(22-25-33)34-19-16-17-20-35(34)39(42)46-29-30(3)5-2/h16-17,19-26,28,30H,4-15,18,27,29H2,1-3H3/t30-/m0/s1. The number of nitro benzene ring substituents is 1. The largest absolute Gasteiger partial charge is 0.487 e. The Hall–Kier alpha value is -4.20. The van der Waals surface area contributed by atoms with Crippen molar-refractivity contribution in [3.8, 4) is 22.6 Å². The summed E-state index contributed by atoms with van der Waals surface area (Å²) in [7, 11) is 0. The summed E-state index contributed by atoms with van der Waals surface area (Å²) >= 11 is 0. The molecule has 0 heterocycles. The van der Waals surface area contributed by atoms with Gasteiger partial charge in [-0.2, -0.15) is 0 Å². The van der Waals surface area contributed by atoms with Gasteiger partial charge in [-0.15, -0.1) is 0 Å². The van der Waals surface area contributed by atoms with E-state index in [0.717, 1.165) is 31.2 Å². The Morgan fingerprint density at radius 1 is 0.766 bits per heavy atom. The lowest BCUT2D eigenvalue weighted by Crippen LogP contribution is -2.12. The first-order chi connectivity index (χ1) is 22.8. The lowest BCUT2D eigenvalue weighted by molar-refractivity contribution is -0.385. The van der Waals surface area contributed by atoms with Crippen LogP contribution in [0.3, 0.4) is 0 Å². The second-order valence-corrected chi connectivity index (χ2v) is 12.2. The monoisotopic (exact) mass is 645 g/mol. The third-order valence-corrected chi connectivity index (χ3v) is 8.37. The van der Waals surface area contributed by atoms with Crippen LogP contribution < -0.4 is 9.47 Å². The van der Waals surface area contributed by atoms with Gasteiger partial charge < -0.3 is 14.2 Å². The fourth-order valence-electron chi connectivity index (χ4n) is 5.23. The van der Waals surface area contributed by atoms with E-state index in [-0.39, 0.29) is 34.6 Å². The number of hydrogen-bond donors (Lipinski definition) is 0. The van der Waals surface area contributed by atoms with Crippen LogP contribution in [0.25, 0.3) is 11.1 Å². The molecule has 0 saturated carbocycles. The van der Waals surface area contributed by atoms with E-state index in [1.807, 2.05) is 26.0 Å². The summed E-state index contributed by atoms with van der Waals surface area (Å²) in [5, 5.41) is 11.8. The second-order valence-electron chi connectivity index (χ2n) is 12.2. The molecule has 1 atom stereocenters. The molecule has 0 amide bonds. The van der Waals surface area contributed by atoms with E-state index in [1.54, 1.807) is 36.4 Å². The van der Waals surface area contributed by atoms with Crippen molar-refractivity contribution >= 4 is 17.6 Å². The van der Waals surface area contributed by atoms with Crippen LogP contribution in [0, 0.1) is 16.0 Å². The highest BCUT2D eigenvalue weighted by molar-refractivity contribution is 5.97. The highest BCUT2D eigenvalue weighted by atomic mass is 16.6. The number of hydrogen-bond acceptors (Lipinski definition) is 7. The van der Waals surface area contributed by atoms with Gasteiger partial charge in [-0.05, 0) is 53.8 Å². The summed E-state index contributed by atoms with van der Waals surface area (Å²) in [6, 6.07) is 18.0. The summed E-state index contributed by atoms with van der Waals surface area (Å²) < 4.78 is 16.7. The van der Waals surface area contributed by atoms with Gasteiger partial charge in [-0.3, -0.25) is 10.1 Å². The highest BCUT2D eigenvalue weighted by Crippen LogP contribution is 2.30. The Kier molecular flexibility index (Phi) is 16.5. The number of carbonyl (C=O) groups is 2. The van der Waals surface area contributed by atoms with Crippen LogP contribution >= 0.6 is 0 Å². The number of nitrogens with zero attached hydrogens (tertiary/aromatic N) is 1. The lowest BCUT2D eigenvalue weighted by atomic mass is 9.99. The maximum absolute atomic E-state index is 12.9. The van der Waals surface area contributed by atoms with Gasteiger partial charge in [0.25, 0.3) is 0 Å². The molecule has 0 bridgehead atoms. The van der Waals surface area contributed by atoms with Crippen LogP contribution in [0.5, 0.6) is 11.5 Å². The average molecular weight is 646 g/mol. The summed E-state index contributed by atoms with van der Waals surface area (Å²) in [5.74, 6) is -0.429. The van der Waals surface area contributed by atoms with E-state index >= 15 is 0 Å². The minimum absolute atomic E-state index is 0.0490. The third-order valence-electron chi connectivity index (χ3n) is 8.37. The Bertz CT molecular complexity index is 1400. The van der Waals surface area contributed by atoms with Gasteiger partial charge in [0.1, 0.15) is 5.75 Å². The van der Waals surface area contributed by atoms with E-state index in [4.69, 9.17) is 14.2 Å². The van der Waals surface area contributed by atoms with Gasteiger partial charge in [-0.1, -0.05) is 128 Å². The Labute approximate surface area is 280 Å². The van der Waals surface area contributed by atoms with Crippen molar-refractivity contribution < 1.29 is 28.7 Å². The molecular formula is C39H51NO7. The maximum atomic E-state index is 12.9. The van der Waals surface area contributed by atoms with Crippen LogP contribution in [-0.4, -0.2) is 30.1 Å². The van der Waals surface area contributed by atoms with Gasteiger partial charge in [0.05, 0.1) is 29.3 Å². The Balaban J connectivity index is 1.48. The molecule has 0 aliphatic rings. The van der Waals surface area contributed by atoms with Crippen LogP contribution in [0.1, 0.15) is 125 Å². The topological polar surface area (TPSA) is 105 Å². The number of rotatable bonds is 22. The molecule has 0 radical (unpaired) electrons. The number of carbonyl (C=O) groups excluding carboxylic acids is 2. The zero-order valence-corrected chi connectivity index (χ0v) is 28.3. The summed E-state index contributed by atoms with van der Waals surface area (Å²) in [6.07, 6.45) is 15.6. The summed E-state index contributed by atoms with van der Waals surface area (Å²) in [6.45, 7) is 7.05. The molecule has 3 aromatic rings. The lowest BCUT2D eigenvalue weighted by Gasteiger charge is -2.13. The van der Waals surface area contributed by atoms with E-state index in [1.165, 1.54) is 76.0 Å². The third kappa shape index (κ3) is 12.8. The minimum atomic E-state index is -0.720. The second kappa shape index (κ2) is 20.8. The molecule has 0 spiro atoms. The van der Waals surface area contributed by atoms with E-state index in [9.17, 15) is 19.7 Å². The Morgan fingerprint density at radius 3 is 2.00 bits per heavy atom. The van der Waals surface area contributed by atoms with Gasteiger partial charge in [0, 0.05) is 6.07 Å². The summed E-state index contributed by atoms with van der Waals surface area (Å²) in [5.41, 5.74) is 1.69.